The van der Waals surface area contributed by atoms with E-state index in [1.54, 1.807) is 0 Å². The van der Waals surface area contributed by atoms with E-state index in [0.29, 0.717) is 18.9 Å². The summed E-state index contributed by atoms with van der Waals surface area (Å²) in [6.07, 6.45) is 6.07. The summed E-state index contributed by atoms with van der Waals surface area (Å²) in [5, 5.41) is 12.5. The van der Waals surface area contributed by atoms with Crippen LogP contribution >= 0.6 is 0 Å². The lowest BCUT2D eigenvalue weighted by molar-refractivity contribution is -0.121. The van der Waals surface area contributed by atoms with Crippen molar-refractivity contribution in [2.45, 2.75) is 64.0 Å². The van der Waals surface area contributed by atoms with Crippen LogP contribution < -0.4 is 11.1 Å². The normalized spacial score (nSPS) is 26.5. The third kappa shape index (κ3) is 6.03. The summed E-state index contributed by atoms with van der Waals surface area (Å²) in [6.45, 7) is 2.76. The van der Waals surface area contributed by atoms with Gasteiger partial charge in [0.1, 0.15) is 0 Å². The van der Waals surface area contributed by atoms with Crippen LogP contribution in [0.25, 0.3) is 0 Å². The predicted molar refractivity (Wildman–Crippen MR) is 68.5 cm³/mol. The molecule has 1 aliphatic rings. The van der Waals surface area contributed by atoms with Gasteiger partial charge in [-0.2, -0.15) is 0 Å². The highest BCUT2D eigenvalue weighted by molar-refractivity contribution is 5.76. The van der Waals surface area contributed by atoms with E-state index in [0.717, 1.165) is 38.5 Å². The summed E-state index contributed by atoms with van der Waals surface area (Å²) in [7, 11) is 0. The second kappa shape index (κ2) is 7.67. The Labute approximate surface area is 104 Å². The van der Waals surface area contributed by atoms with Crippen LogP contribution in [-0.4, -0.2) is 29.7 Å². The van der Waals surface area contributed by atoms with Gasteiger partial charge >= 0.3 is 0 Å². The summed E-state index contributed by atoms with van der Waals surface area (Å²) < 4.78 is 0. The molecular formula is C13H26N2O2. The monoisotopic (exact) mass is 242 g/mol. The van der Waals surface area contributed by atoms with Gasteiger partial charge in [0.15, 0.2) is 0 Å². The summed E-state index contributed by atoms with van der Waals surface area (Å²) in [4.78, 5) is 11.6. The molecule has 4 heteroatoms. The highest BCUT2D eigenvalue weighted by Crippen LogP contribution is 2.23. The van der Waals surface area contributed by atoms with Crippen molar-refractivity contribution in [3.8, 4) is 0 Å². The third-order valence-corrected chi connectivity index (χ3v) is 3.45. The zero-order valence-electron chi connectivity index (χ0n) is 10.8. The maximum Gasteiger partial charge on any atom is 0.221 e. The average molecular weight is 242 g/mol. The molecule has 1 aliphatic carbocycles. The molecule has 17 heavy (non-hydrogen) atoms. The fourth-order valence-corrected chi connectivity index (χ4v) is 2.49. The summed E-state index contributed by atoms with van der Waals surface area (Å²) in [5.74, 6) is 0.483. The lowest BCUT2D eigenvalue weighted by Gasteiger charge is -2.26. The smallest absolute Gasteiger partial charge is 0.221 e. The first-order chi connectivity index (χ1) is 8.11. The molecule has 1 amide bonds. The average Bonchev–Trinajstić information content (AvgIpc) is 2.27. The van der Waals surface area contributed by atoms with Gasteiger partial charge in [-0.3, -0.25) is 4.79 Å². The Hall–Kier alpha value is -0.610. The molecule has 0 aromatic heterocycles. The lowest BCUT2D eigenvalue weighted by atomic mass is 9.87. The minimum Gasteiger partial charge on any atom is -0.393 e. The first kappa shape index (κ1) is 14.5. The molecule has 0 radical (unpaired) electrons. The van der Waals surface area contributed by atoms with Crippen molar-refractivity contribution in [3.05, 3.63) is 0 Å². The number of nitrogens with one attached hydrogen (secondary N) is 1. The number of hydrogen-bond donors (Lipinski definition) is 3. The quantitative estimate of drug-likeness (QED) is 0.654. The number of carbonyl (C=O) groups is 1. The van der Waals surface area contributed by atoms with Gasteiger partial charge in [-0.05, 0) is 31.6 Å². The van der Waals surface area contributed by atoms with E-state index >= 15 is 0 Å². The maximum atomic E-state index is 11.6. The number of hydrogen-bond acceptors (Lipinski definition) is 3. The third-order valence-electron chi connectivity index (χ3n) is 3.45. The number of rotatable bonds is 6. The van der Waals surface area contributed by atoms with Crippen molar-refractivity contribution in [1.82, 2.24) is 5.32 Å². The molecule has 1 saturated carbocycles. The van der Waals surface area contributed by atoms with Crippen molar-refractivity contribution in [2.24, 2.45) is 11.7 Å². The van der Waals surface area contributed by atoms with E-state index in [4.69, 9.17) is 5.73 Å². The summed E-state index contributed by atoms with van der Waals surface area (Å²) in [5.41, 5.74) is 5.82. The largest absolute Gasteiger partial charge is 0.393 e. The molecule has 0 bridgehead atoms. The Balaban J connectivity index is 2.14. The molecule has 100 valence electrons. The standard InChI is InChI=1S/C13H26N2O2/c1-2-4-11(14)8-13(17)15-9-10-5-3-6-12(16)7-10/h10-12,16H,2-9,14H2,1H3,(H,15,17). The van der Waals surface area contributed by atoms with Crippen LogP contribution in [0.3, 0.4) is 0 Å². The predicted octanol–water partition coefficient (Wildman–Crippen LogP) is 1.17. The molecule has 0 aromatic rings. The van der Waals surface area contributed by atoms with Crippen molar-refractivity contribution in [2.75, 3.05) is 6.54 Å². The zero-order chi connectivity index (χ0) is 12.7. The van der Waals surface area contributed by atoms with Gasteiger partial charge < -0.3 is 16.2 Å². The number of nitrogens with two attached hydrogens (primary N) is 1. The Kier molecular flexibility index (Phi) is 6.52. The van der Waals surface area contributed by atoms with Crippen LogP contribution in [-0.2, 0) is 4.79 Å². The second-order valence-electron chi connectivity index (χ2n) is 5.24. The number of aliphatic hydroxyl groups is 1. The van der Waals surface area contributed by atoms with E-state index in [1.165, 1.54) is 0 Å². The van der Waals surface area contributed by atoms with Gasteiger partial charge in [0.2, 0.25) is 5.91 Å². The van der Waals surface area contributed by atoms with Crippen LogP contribution in [0.5, 0.6) is 0 Å². The summed E-state index contributed by atoms with van der Waals surface area (Å²) >= 11 is 0. The molecule has 1 rings (SSSR count). The van der Waals surface area contributed by atoms with E-state index in [2.05, 4.69) is 12.2 Å². The second-order valence-corrected chi connectivity index (χ2v) is 5.24. The van der Waals surface area contributed by atoms with Gasteiger partial charge in [-0.1, -0.05) is 19.8 Å². The van der Waals surface area contributed by atoms with Crippen molar-refractivity contribution in [3.63, 3.8) is 0 Å². The highest BCUT2D eigenvalue weighted by Gasteiger charge is 2.20. The zero-order valence-corrected chi connectivity index (χ0v) is 10.8. The number of amides is 1. The highest BCUT2D eigenvalue weighted by atomic mass is 16.3. The Bertz CT molecular complexity index is 233. The molecule has 0 heterocycles. The topological polar surface area (TPSA) is 75.4 Å². The van der Waals surface area contributed by atoms with E-state index in [9.17, 15) is 9.90 Å². The number of carbonyl (C=O) groups excluding carboxylic acids is 1. The van der Waals surface area contributed by atoms with Crippen LogP contribution in [0.1, 0.15) is 51.9 Å². The molecule has 0 aliphatic heterocycles. The minimum atomic E-state index is -0.173. The maximum absolute atomic E-state index is 11.6. The molecule has 4 N–H and O–H groups in total. The molecule has 0 spiro atoms. The minimum absolute atomic E-state index is 0.0167. The van der Waals surface area contributed by atoms with Gasteiger partial charge in [0.05, 0.1) is 6.10 Å². The van der Waals surface area contributed by atoms with E-state index in [-0.39, 0.29) is 18.1 Å². The van der Waals surface area contributed by atoms with Crippen LogP contribution in [0.15, 0.2) is 0 Å². The molecule has 3 atom stereocenters. The number of aliphatic hydroxyl groups excluding tert-OH is 1. The van der Waals surface area contributed by atoms with Crippen LogP contribution in [0.4, 0.5) is 0 Å². The molecule has 1 fully saturated rings. The fourth-order valence-electron chi connectivity index (χ4n) is 2.49. The van der Waals surface area contributed by atoms with Gasteiger partial charge in [-0.15, -0.1) is 0 Å². The first-order valence-electron chi connectivity index (χ1n) is 6.82. The van der Waals surface area contributed by atoms with Crippen LogP contribution in [0, 0.1) is 5.92 Å². The Morgan fingerprint density at radius 3 is 2.94 bits per heavy atom. The van der Waals surface area contributed by atoms with Gasteiger partial charge in [-0.25, -0.2) is 0 Å². The van der Waals surface area contributed by atoms with Crippen molar-refractivity contribution in [1.29, 1.82) is 0 Å². The first-order valence-corrected chi connectivity index (χ1v) is 6.82. The van der Waals surface area contributed by atoms with Gasteiger partial charge in [0, 0.05) is 19.0 Å². The molecule has 0 saturated heterocycles. The molecule has 0 aromatic carbocycles. The van der Waals surface area contributed by atoms with E-state index < -0.39 is 0 Å². The Morgan fingerprint density at radius 2 is 2.29 bits per heavy atom. The summed E-state index contributed by atoms with van der Waals surface area (Å²) in [6, 6.07) is -0.0167. The van der Waals surface area contributed by atoms with Gasteiger partial charge in [0.25, 0.3) is 0 Å². The Morgan fingerprint density at radius 1 is 1.53 bits per heavy atom. The molecule has 4 nitrogen and oxygen atoms in total. The van der Waals surface area contributed by atoms with E-state index in [1.807, 2.05) is 0 Å². The van der Waals surface area contributed by atoms with Crippen LogP contribution in [0.2, 0.25) is 0 Å². The van der Waals surface area contributed by atoms with Crippen molar-refractivity contribution >= 4 is 5.91 Å². The molecular weight excluding hydrogens is 216 g/mol. The molecule has 3 unspecified atom stereocenters. The lowest BCUT2D eigenvalue weighted by Crippen LogP contribution is -2.36. The SMILES string of the molecule is CCCC(N)CC(=O)NCC1CCCC(O)C1. The fraction of sp³-hybridized carbons (Fsp3) is 0.923. The van der Waals surface area contributed by atoms with Crippen molar-refractivity contribution < 1.29 is 9.90 Å².